The van der Waals surface area contributed by atoms with Gasteiger partial charge >= 0.3 is 11.4 Å². The van der Waals surface area contributed by atoms with E-state index in [1.165, 1.54) is 0 Å². The van der Waals surface area contributed by atoms with Gasteiger partial charge in [0.1, 0.15) is 0 Å². The van der Waals surface area contributed by atoms with Crippen LogP contribution in [-0.4, -0.2) is 8.76 Å². The molecule has 15 heavy (non-hydrogen) atoms. The normalized spacial score (nSPS) is 12.8. The Labute approximate surface area is 119 Å². The van der Waals surface area contributed by atoms with Gasteiger partial charge in [-0.1, -0.05) is 44.2 Å². The largest absolute Gasteiger partial charge is 0.302 e. The molecule has 83 valence electrons. The molecule has 0 amide bonds. The summed E-state index contributed by atoms with van der Waals surface area (Å²) in [6.07, 6.45) is -0.350. The molecule has 0 spiro atoms. The minimum atomic E-state index is -2.20. The van der Waals surface area contributed by atoms with Crippen LogP contribution in [0.2, 0.25) is 0 Å². The van der Waals surface area contributed by atoms with Crippen LogP contribution in [0.25, 0.3) is 0 Å². The molecule has 0 saturated heterocycles. The summed E-state index contributed by atoms with van der Waals surface area (Å²) in [6.45, 7) is 5.73. The zero-order valence-corrected chi connectivity index (χ0v) is 12.9. The molecule has 0 aliphatic heterocycles. The topological polar surface area (TPSA) is 46.5 Å². The van der Waals surface area contributed by atoms with E-state index in [1.807, 2.05) is 44.2 Å². The van der Waals surface area contributed by atoms with Crippen LogP contribution in [0.3, 0.4) is 0 Å². The Morgan fingerprint density at radius 1 is 1.27 bits per heavy atom. The van der Waals surface area contributed by atoms with Crippen LogP contribution in [-0.2, 0) is 48.3 Å². The van der Waals surface area contributed by atoms with Crippen molar-refractivity contribution < 1.29 is 45.7 Å². The molecule has 0 bridgehead atoms. The van der Waals surface area contributed by atoms with Gasteiger partial charge in [-0.25, -0.2) is 0 Å². The van der Waals surface area contributed by atoms with Crippen LogP contribution in [0.4, 0.5) is 0 Å². The van der Waals surface area contributed by atoms with Crippen LogP contribution in [0.15, 0.2) is 30.3 Å². The molecule has 0 aromatic heterocycles. The second-order valence-corrected chi connectivity index (χ2v) is 2.99. The summed E-state index contributed by atoms with van der Waals surface area (Å²) in [4.78, 5) is 0. The SMILES string of the molecule is CC.C[C@@H](OS(=O)O)c1ccccc1.[Y]. The van der Waals surface area contributed by atoms with E-state index in [1.54, 1.807) is 6.92 Å². The van der Waals surface area contributed by atoms with Gasteiger partial charge in [-0.2, -0.15) is 4.21 Å². The Morgan fingerprint density at radius 2 is 1.73 bits per heavy atom. The molecule has 1 N–H and O–H groups in total. The van der Waals surface area contributed by atoms with Crippen LogP contribution in [0.1, 0.15) is 32.4 Å². The van der Waals surface area contributed by atoms with Gasteiger partial charge in [0.15, 0.2) is 0 Å². The van der Waals surface area contributed by atoms with Crippen molar-refractivity contribution in [2.75, 3.05) is 0 Å². The second-order valence-electron chi connectivity index (χ2n) is 2.37. The second kappa shape index (κ2) is 10.9. The smallest absolute Gasteiger partial charge is 0.284 e. The Bertz CT molecular complexity index is 267. The number of hydrogen-bond acceptors (Lipinski definition) is 2. The average Bonchev–Trinajstić information content (AvgIpc) is 2.21. The van der Waals surface area contributed by atoms with Crippen molar-refractivity contribution in [3.8, 4) is 0 Å². The molecule has 0 fully saturated rings. The van der Waals surface area contributed by atoms with E-state index in [-0.39, 0.29) is 38.8 Å². The molecule has 1 radical (unpaired) electrons. The van der Waals surface area contributed by atoms with Gasteiger partial charge in [0.25, 0.3) is 0 Å². The summed E-state index contributed by atoms with van der Waals surface area (Å²) in [6, 6.07) is 9.28. The Morgan fingerprint density at radius 3 is 2.13 bits per heavy atom. The quantitative estimate of drug-likeness (QED) is 0.873. The first kappa shape index (κ1) is 17.8. The van der Waals surface area contributed by atoms with Gasteiger partial charge in [-0.15, -0.1) is 0 Å². The molecule has 1 aromatic carbocycles. The van der Waals surface area contributed by atoms with Gasteiger partial charge in [0.05, 0.1) is 6.10 Å². The van der Waals surface area contributed by atoms with E-state index in [2.05, 4.69) is 4.18 Å². The summed E-state index contributed by atoms with van der Waals surface area (Å²) in [7, 11) is 0. The number of benzene rings is 1. The molecule has 1 aromatic rings. The maximum absolute atomic E-state index is 10.3. The molecule has 1 unspecified atom stereocenters. The first-order valence-electron chi connectivity index (χ1n) is 4.53. The Kier molecular flexibility index (Phi) is 12.9. The van der Waals surface area contributed by atoms with Gasteiger partial charge in [-0.05, 0) is 12.5 Å². The molecule has 0 saturated carbocycles. The van der Waals surface area contributed by atoms with E-state index in [9.17, 15) is 4.21 Å². The van der Waals surface area contributed by atoms with Crippen LogP contribution in [0, 0.1) is 0 Å². The van der Waals surface area contributed by atoms with E-state index >= 15 is 0 Å². The summed E-state index contributed by atoms with van der Waals surface area (Å²) in [5, 5.41) is 0. The first-order valence-corrected chi connectivity index (χ1v) is 5.56. The third kappa shape index (κ3) is 8.23. The third-order valence-corrected chi connectivity index (χ3v) is 1.95. The van der Waals surface area contributed by atoms with Crippen molar-refractivity contribution in [1.29, 1.82) is 0 Å². The molecule has 5 heteroatoms. The fraction of sp³-hybridized carbons (Fsp3) is 0.400. The van der Waals surface area contributed by atoms with Crippen LogP contribution >= 0.6 is 0 Å². The molecule has 3 nitrogen and oxygen atoms in total. The maximum atomic E-state index is 10.3. The summed E-state index contributed by atoms with van der Waals surface area (Å²) >= 11 is -2.20. The minimum absolute atomic E-state index is 0. The monoisotopic (exact) mass is 305 g/mol. The first-order chi connectivity index (χ1) is 6.70. The zero-order valence-electron chi connectivity index (χ0n) is 9.21. The number of rotatable bonds is 3. The van der Waals surface area contributed by atoms with Crippen molar-refractivity contribution in [2.45, 2.75) is 26.9 Å². The minimum Gasteiger partial charge on any atom is -0.284 e. The molecular weight excluding hydrogens is 289 g/mol. The van der Waals surface area contributed by atoms with Crippen LogP contribution in [0.5, 0.6) is 0 Å². The number of hydrogen-bond donors (Lipinski definition) is 1. The summed E-state index contributed by atoms with van der Waals surface area (Å²) in [5.41, 5.74) is 0.889. The molecule has 1 rings (SSSR count). The van der Waals surface area contributed by atoms with Gasteiger partial charge in [-0.3, -0.25) is 8.74 Å². The van der Waals surface area contributed by atoms with Crippen molar-refractivity contribution in [2.24, 2.45) is 0 Å². The zero-order chi connectivity index (χ0) is 11.0. The van der Waals surface area contributed by atoms with Crippen molar-refractivity contribution >= 4 is 11.4 Å². The molecule has 0 aliphatic rings. The van der Waals surface area contributed by atoms with E-state index in [0.29, 0.717) is 0 Å². The predicted octanol–water partition coefficient (Wildman–Crippen LogP) is 2.92. The van der Waals surface area contributed by atoms with Gasteiger partial charge in [0, 0.05) is 32.7 Å². The van der Waals surface area contributed by atoms with Gasteiger partial charge < -0.3 is 0 Å². The maximum Gasteiger partial charge on any atom is 0.302 e. The average molecular weight is 305 g/mol. The predicted molar refractivity (Wildman–Crippen MR) is 58.1 cm³/mol. The van der Waals surface area contributed by atoms with Gasteiger partial charge in [0.2, 0.25) is 0 Å². The molecule has 0 heterocycles. The standard InChI is InChI=1S/C8H10O3S.C2H6.Y/c1-7(11-12(9)10)8-5-3-2-4-6-8;1-2;/h2-7H,1H3,(H,9,10);1-2H3;/t7-;;/m1../s1. The van der Waals surface area contributed by atoms with Crippen molar-refractivity contribution in [3.05, 3.63) is 35.9 Å². The van der Waals surface area contributed by atoms with Crippen molar-refractivity contribution in [1.82, 2.24) is 0 Å². The molecule has 0 aliphatic carbocycles. The Hall–Kier alpha value is 0.394. The fourth-order valence-corrected chi connectivity index (χ4v) is 1.26. The van der Waals surface area contributed by atoms with Crippen LogP contribution < -0.4 is 0 Å². The molecular formula is C10H16O3SY. The van der Waals surface area contributed by atoms with E-state index in [4.69, 9.17) is 4.55 Å². The third-order valence-electron chi connectivity index (χ3n) is 1.50. The van der Waals surface area contributed by atoms with Crippen molar-refractivity contribution in [3.63, 3.8) is 0 Å². The summed E-state index contributed by atoms with van der Waals surface area (Å²) in [5.74, 6) is 0. The summed E-state index contributed by atoms with van der Waals surface area (Å²) < 4.78 is 23.4. The van der Waals surface area contributed by atoms with E-state index < -0.39 is 11.4 Å². The Balaban J connectivity index is 0. The fourth-order valence-electron chi connectivity index (χ4n) is 0.903. The molecule has 2 atom stereocenters. The van der Waals surface area contributed by atoms with E-state index in [0.717, 1.165) is 5.56 Å².